The van der Waals surface area contributed by atoms with Gasteiger partial charge in [-0.2, -0.15) is 8.78 Å². The summed E-state index contributed by atoms with van der Waals surface area (Å²) in [6, 6.07) is 6.84. The van der Waals surface area contributed by atoms with E-state index in [0.29, 0.717) is 31.6 Å². The first-order chi connectivity index (χ1) is 13.3. The molecule has 0 atom stereocenters. The van der Waals surface area contributed by atoms with Crippen LogP contribution in [0.3, 0.4) is 0 Å². The standard InChI is InChI=1S/C18H16F4N2O4/c19-11-1-4-16(14(20)9-11)27-13-5-7-23(8-6-13)12-2-3-15(24(25)26)17(10-12)28-18(21)22/h1-4,9-10,13,18H,5-8H2. The van der Waals surface area contributed by atoms with E-state index in [1.54, 1.807) is 0 Å². The molecule has 6 nitrogen and oxygen atoms in total. The van der Waals surface area contributed by atoms with Crippen LogP contribution in [0.25, 0.3) is 0 Å². The van der Waals surface area contributed by atoms with Crippen molar-refractivity contribution in [2.45, 2.75) is 25.6 Å². The summed E-state index contributed by atoms with van der Waals surface area (Å²) in [6.07, 6.45) is 0.698. The Labute approximate surface area is 157 Å². The van der Waals surface area contributed by atoms with Crippen molar-refractivity contribution in [3.05, 3.63) is 58.1 Å². The number of benzene rings is 2. The Morgan fingerprint density at radius 1 is 1.07 bits per heavy atom. The van der Waals surface area contributed by atoms with Crippen LogP contribution in [0.15, 0.2) is 36.4 Å². The third-order valence-corrected chi connectivity index (χ3v) is 4.35. The molecule has 0 unspecified atom stereocenters. The number of ether oxygens (including phenoxy) is 2. The van der Waals surface area contributed by atoms with E-state index in [1.807, 2.05) is 4.90 Å². The number of rotatable bonds is 6. The van der Waals surface area contributed by atoms with Crippen LogP contribution in [0.5, 0.6) is 11.5 Å². The topological polar surface area (TPSA) is 64.8 Å². The van der Waals surface area contributed by atoms with Gasteiger partial charge in [0.25, 0.3) is 0 Å². The van der Waals surface area contributed by atoms with Crippen LogP contribution in [-0.4, -0.2) is 30.7 Å². The van der Waals surface area contributed by atoms with Gasteiger partial charge in [0.15, 0.2) is 11.6 Å². The molecule has 1 saturated heterocycles. The van der Waals surface area contributed by atoms with Crippen molar-refractivity contribution >= 4 is 11.4 Å². The zero-order valence-corrected chi connectivity index (χ0v) is 14.5. The Hall–Kier alpha value is -3.04. The third kappa shape index (κ3) is 4.62. The summed E-state index contributed by atoms with van der Waals surface area (Å²) in [7, 11) is 0. The second-order valence-electron chi connectivity index (χ2n) is 6.17. The second-order valence-corrected chi connectivity index (χ2v) is 6.17. The minimum Gasteiger partial charge on any atom is -0.487 e. The van der Waals surface area contributed by atoms with E-state index in [1.165, 1.54) is 18.2 Å². The van der Waals surface area contributed by atoms with Crippen LogP contribution >= 0.6 is 0 Å². The molecule has 0 bridgehead atoms. The van der Waals surface area contributed by atoms with Gasteiger partial charge in [0.2, 0.25) is 5.75 Å². The fraction of sp³-hybridized carbons (Fsp3) is 0.333. The van der Waals surface area contributed by atoms with Crippen molar-refractivity contribution in [2.24, 2.45) is 0 Å². The molecule has 0 aromatic heterocycles. The molecule has 0 radical (unpaired) electrons. The van der Waals surface area contributed by atoms with Gasteiger partial charge in [-0.15, -0.1) is 0 Å². The van der Waals surface area contributed by atoms with E-state index in [0.717, 1.165) is 18.2 Å². The summed E-state index contributed by atoms with van der Waals surface area (Å²) in [4.78, 5) is 12.0. The molecule has 2 aromatic rings. The molecule has 1 fully saturated rings. The molecule has 0 saturated carbocycles. The molecular formula is C18H16F4N2O4. The van der Waals surface area contributed by atoms with Gasteiger partial charge in [0, 0.05) is 49.8 Å². The Morgan fingerprint density at radius 3 is 2.39 bits per heavy atom. The number of hydrogen-bond donors (Lipinski definition) is 0. The Morgan fingerprint density at radius 2 is 1.79 bits per heavy atom. The van der Waals surface area contributed by atoms with E-state index in [9.17, 15) is 27.7 Å². The number of anilines is 1. The lowest BCUT2D eigenvalue weighted by atomic mass is 10.1. The maximum absolute atomic E-state index is 13.7. The molecule has 1 heterocycles. The molecule has 0 N–H and O–H groups in total. The minimum absolute atomic E-state index is 0.0391. The molecule has 1 aliphatic rings. The molecule has 3 rings (SSSR count). The van der Waals surface area contributed by atoms with Gasteiger partial charge in [-0.25, -0.2) is 8.78 Å². The third-order valence-electron chi connectivity index (χ3n) is 4.35. The van der Waals surface area contributed by atoms with Gasteiger partial charge in [-0.1, -0.05) is 0 Å². The smallest absolute Gasteiger partial charge is 0.387 e. The summed E-state index contributed by atoms with van der Waals surface area (Å²) in [5, 5.41) is 11.0. The van der Waals surface area contributed by atoms with E-state index in [2.05, 4.69) is 4.74 Å². The quantitative estimate of drug-likeness (QED) is 0.405. The highest BCUT2D eigenvalue weighted by Crippen LogP contribution is 2.34. The lowest BCUT2D eigenvalue weighted by Crippen LogP contribution is -2.38. The highest BCUT2D eigenvalue weighted by atomic mass is 19.3. The minimum atomic E-state index is -3.18. The predicted molar refractivity (Wildman–Crippen MR) is 91.9 cm³/mol. The largest absolute Gasteiger partial charge is 0.487 e. The number of nitrogens with zero attached hydrogens (tertiary/aromatic N) is 2. The van der Waals surface area contributed by atoms with Crippen molar-refractivity contribution in [1.82, 2.24) is 0 Å². The summed E-state index contributed by atoms with van der Waals surface area (Å²) in [6.45, 7) is -2.27. The summed E-state index contributed by atoms with van der Waals surface area (Å²) in [5.41, 5.74) is -0.0540. The zero-order valence-electron chi connectivity index (χ0n) is 14.5. The van der Waals surface area contributed by atoms with Crippen LogP contribution in [0.1, 0.15) is 12.8 Å². The Bertz CT molecular complexity index is 857. The highest BCUT2D eigenvalue weighted by molar-refractivity contribution is 5.59. The number of hydrogen-bond acceptors (Lipinski definition) is 5. The predicted octanol–water partition coefficient (Wildman–Crippen LogP) is 4.52. The van der Waals surface area contributed by atoms with Crippen LogP contribution in [0, 0.1) is 21.7 Å². The van der Waals surface area contributed by atoms with Crippen molar-refractivity contribution in [2.75, 3.05) is 18.0 Å². The summed E-state index contributed by atoms with van der Waals surface area (Å²) >= 11 is 0. The molecular weight excluding hydrogens is 384 g/mol. The van der Waals surface area contributed by atoms with Gasteiger partial charge in [-0.05, 0) is 18.2 Å². The summed E-state index contributed by atoms with van der Waals surface area (Å²) in [5.74, 6) is -2.03. The molecule has 2 aromatic carbocycles. The Balaban J connectivity index is 1.66. The number of nitro groups is 1. The van der Waals surface area contributed by atoms with Crippen molar-refractivity contribution < 1.29 is 32.0 Å². The van der Waals surface area contributed by atoms with Crippen LogP contribution in [-0.2, 0) is 0 Å². The number of nitro benzene ring substituents is 1. The second kappa shape index (κ2) is 8.32. The van der Waals surface area contributed by atoms with Crippen molar-refractivity contribution in [3.8, 4) is 11.5 Å². The molecule has 0 amide bonds. The first kappa shape index (κ1) is 19.7. The highest BCUT2D eigenvalue weighted by Gasteiger charge is 2.25. The summed E-state index contributed by atoms with van der Waals surface area (Å²) < 4.78 is 61.5. The van der Waals surface area contributed by atoms with Gasteiger partial charge in [0.1, 0.15) is 11.9 Å². The van der Waals surface area contributed by atoms with E-state index in [4.69, 9.17) is 4.74 Å². The number of alkyl halides is 2. The number of piperidine rings is 1. The Kier molecular flexibility index (Phi) is 5.86. The maximum Gasteiger partial charge on any atom is 0.387 e. The normalized spacial score (nSPS) is 15.0. The van der Waals surface area contributed by atoms with Crippen molar-refractivity contribution in [3.63, 3.8) is 0 Å². The fourth-order valence-electron chi connectivity index (χ4n) is 3.02. The fourth-order valence-corrected chi connectivity index (χ4v) is 3.02. The molecule has 10 heteroatoms. The monoisotopic (exact) mass is 400 g/mol. The van der Waals surface area contributed by atoms with Gasteiger partial charge in [0.05, 0.1) is 4.92 Å². The van der Waals surface area contributed by atoms with Crippen LogP contribution in [0.2, 0.25) is 0 Å². The molecule has 0 aliphatic carbocycles. The van der Waals surface area contributed by atoms with Crippen LogP contribution < -0.4 is 14.4 Å². The first-order valence-electron chi connectivity index (χ1n) is 8.43. The van der Waals surface area contributed by atoms with E-state index >= 15 is 0 Å². The zero-order chi connectivity index (χ0) is 20.3. The lowest BCUT2D eigenvalue weighted by Gasteiger charge is -2.33. The van der Waals surface area contributed by atoms with Gasteiger partial charge >= 0.3 is 12.3 Å². The molecule has 1 aliphatic heterocycles. The average molecular weight is 400 g/mol. The van der Waals surface area contributed by atoms with Crippen molar-refractivity contribution in [1.29, 1.82) is 0 Å². The lowest BCUT2D eigenvalue weighted by molar-refractivity contribution is -0.386. The molecule has 28 heavy (non-hydrogen) atoms. The number of halogens is 4. The van der Waals surface area contributed by atoms with Gasteiger partial charge < -0.3 is 14.4 Å². The van der Waals surface area contributed by atoms with Gasteiger partial charge in [-0.3, -0.25) is 10.1 Å². The van der Waals surface area contributed by atoms with E-state index in [-0.39, 0.29) is 11.9 Å². The maximum atomic E-state index is 13.7. The first-order valence-corrected chi connectivity index (χ1v) is 8.43. The SMILES string of the molecule is O=[N+]([O-])c1ccc(N2CCC(Oc3ccc(F)cc3F)CC2)cc1OC(F)F. The average Bonchev–Trinajstić information content (AvgIpc) is 2.64. The molecule has 0 spiro atoms. The molecule has 150 valence electrons. The van der Waals surface area contributed by atoms with Crippen LogP contribution in [0.4, 0.5) is 28.9 Å². The van der Waals surface area contributed by atoms with E-state index < -0.39 is 34.6 Å².